The van der Waals surface area contributed by atoms with E-state index in [4.69, 9.17) is 0 Å². The average molecular weight is 401 g/mol. The van der Waals surface area contributed by atoms with Crippen LogP contribution in [-0.2, 0) is 19.6 Å². The molecule has 0 saturated carbocycles. The summed E-state index contributed by atoms with van der Waals surface area (Å²) in [4.78, 5) is 26.8. The van der Waals surface area contributed by atoms with Crippen LogP contribution >= 0.6 is 0 Å². The van der Waals surface area contributed by atoms with E-state index in [1.165, 1.54) is 0 Å². The molecule has 0 unspecified atom stereocenters. The number of carbonyl (C=O) groups excluding carboxylic acids is 2. The number of hydrogen-bond donors (Lipinski definition) is 0. The number of sulfonamides is 1. The molecule has 0 radical (unpaired) electrons. The van der Waals surface area contributed by atoms with Gasteiger partial charge in [-0.25, -0.2) is 17.2 Å². The van der Waals surface area contributed by atoms with Gasteiger partial charge in [-0.3, -0.25) is 9.59 Å². The molecule has 3 rings (SSSR count). The highest BCUT2D eigenvalue weighted by Crippen LogP contribution is 2.20. The molecule has 10 heteroatoms. The lowest BCUT2D eigenvalue weighted by Gasteiger charge is -2.34. The Labute approximate surface area is 156 Å². The van der Waals surface area contributed by atoms with Crippen LogP contribution in [0.1, 0.15) is 19.3 Å². The van der Waals surface area contributed by atoms with E-state index in [1.807, 2.05) is 0 Å². The third-order valence-electron chi connectivity index (χ3n) is 4.89. The number of halogens is 2. The fourth-order valence-corrected chi connectivity index (χ4v) is 4.73. The van der Waals surface area contributed by atoms with Crippen molar-refractivity contribution < 1.29 is 26.8 Å². The van der Waals surface area contributed by atoms with Gasteiger partial charge in [-0.1, -0.05) is 0 Å². The van der Waals surface area contributed by atoms with E-state index < -0.39 is 21.7 Å². The van der Waals surface area contributed by atoms with Crippen molar-refractivity contribution in [3.8, 4) is 0 Å². The lowest BCUT2D eigenvalue weighted by atomic mass is 10.3. The van der Waals surface area contributed by atoms with Crippen LogP contribution in [0, 0.1) is 11.6 Å². The minimum atomic E-state index is -3.95. The predicted molar refractivity (Wildman–Crippen MR) is 92.1 cm³/mol. The Morgan fingerprint density at radius 1 is 1.04 bits per heavy atom. The molecule has 0 aromatic heterocycles. The van der Waals surface area contributed by atoms with Crippen LogP contribution in [0.4, 0.5) is 8.78 Å². The first-order chi connectivity index (χ1) is 12.8. The van der Waals surface area contributed by atoms with E-state index in [0.29, 0.717) is 25.6 Å². The van der Waals surface area contributed by atoms with Gasteiger partial charge in [0.2, 0.25) is 21.8 Å². The van der Waals surface area contributed by atoms with Crippen LogP contribution in [0.2, 0.25) is 0 Å². The van der Waals surface area contributed by atoms with Gasteiger partial charge >= 0.3 is 0 Å². The van der Waals surface area contributed by atoms with Gasteiger partial charge in [0, 0.05) is 52.1 Å². The Bertz CT molecular complexity index is 839. The molecule has 27 heavy (non-hydrogen) atoms. The molecule has 2 aliphatic heterocycles. The summed E-state index contributed by atoms with van der Waals surface area (Å²) in [5, 5.41) is 0. The Morgan fingerprint density at radius 2 is 1.74 bits per heavy atom. The molecule has 1 aromatic carbocycles. The monoisotopic (exact) mass is 401 g/mol. The maximum atomic E-state index is 13.3. The van der Waals surface area contributed by atoms with Crippen molar-refractivity contribution in [3.05, 3.63) is 29.8 Å². The summed E-state index contributed by atoms with van der Waals surface area (Å²) in [6.45, 7) is 1.65. The minimum Gasteiger partial charge on any atom is -0.342 e. The summed E-state index contributed by atoms with van der Waals surface area (Å²) in [7, 11) is -3.95. The van der Waals surface area contributed by atoms with Crippen LogP contribution in [-0.4, -0.2) is 73.6 Å². The fourth-order valence-electron chi connectivity index (χ4n) is 3.29. The lowest BCUT2D eigenvalue weighted by molar-refractivity contribution is -0.133. The highest BCUT2D eigenvalue weighted by atomic mass is 32.2. The number of hydrogen-bond acceptors (Lipinski definition) is 4. The van der Waals surface area contributed by atoms with Crippen LogP contribution in [0.25, 0.3) is 0 Å². The van der Waals surface area contributed by atoms with Gasteiger partial charge in [-0.15, -0.1) is 0 Å². The van der Waals surface area contributed by atoms with Gasteiger partial charge in [0.15, 0.2) is 11.6 Å². The molecule has 2 aliphatic rings. The van der Waals surface area contributed by atoms with Crippen molar-refractivity contribution >= 4 is 21.8 Å². The van der Waals surface area contributed by atoms with Gasteiger partial charge < -0.3 is 9.80 Å². The molecule has 2 heterocycles. The zero-order valence-electron chi connectivity index (χ0n) is 14.7. The van der Waals surface area contributed by atoms with Gasteiger partial charge in [0.1, 0.15) is 0 Å². The number of rotatable bonds is 5. The molecule has 0 spiro atoms. The predicted octanol–water partition coefficient (Wildman–Crippen LogP) is 0.810. The number of nitrogens with zero attached hydrogens (tertiary/aromatic N) is 3. The number of piperazine rings is 1. The largest absolute Gasteiger partial charge is 0.342 e. The molecule has 0 bridgehead atoms. The molecule has 2 saturated heterocycles. The maximum Gasteiger partial charge on any atom is 0.243 e. The van der Waals surface area contributed by atoms with Gasteiger partial charge in [0.05, 0.1) is 4.90 Å². The van der Waals surface area contributed by atoms with Crippen molar-refractivity contribution in [2.45, 2.75) is 24.2 Å². The molecule has 2 amide bonds. The lowest BCUT2D eigenvalue weighted by Crippen LogP contribution is -2.50. The Kier molecular flexibility index (Phi) is 5.75. The second kappa shape index (κ2) is 7.89. The quantitative estimate of drug-likeness (QED) is 0.732. The van der Waals surface area contributed by atoms with Crippen LogP contribution in [0.5, 0.6) is 0 Å². The van der Waals surface area contributed by atoms with Crippen LogP contribution < -0.4 is 0 Å². The smallest absolute Gasteiger partial charge is 0.243 e. The van der Waals surface area contributed by atoms with E-state index in [-0.39, 0.29) is 49.3 Å². The van der Waals surface area contributed by atoms with Crippen molar-refractivity contribution in [2.75, 3.05) is 39.3 Å². The molecule has 0 atom stereocenters. The first-order valence-electron chi connectivity index (χ1n) is 8.80. The molecule has 7 nitrogen and oxygen atoms in total. The second-order valence-corrected chi connectivity index (χ2v) is 8.53. The van der Waals surface area contributed by atoms with Crippen molar-refractivity contribution in [1.29, 1.82) is 0 Å². The average Bonchev–Trinajstić information content (AvgIpc) is 3.07. The van der Waals surface area contributed by atoms with Gasteiger partial charge in [-0.2, -0.15) is 4.31 Å². The summed E-state index contributed by atoms with van der Waals surface area (Å²) in [5.41, 5.74) is 0. The molecule has 2 fully saturated rings. The number of benzene rings is 1. The number of amides is 2. The number of likely N-dealkylation sites (tertiary alicyclic amines) is 1. The topological polar surface area (TPSA) is 78.0 Å². The zero-order valence-corrected chi connectivity index (χ0v) is 15.6. The first kappa shape index (κ1) is 19.7. The van der Waals surface area contributed by atoms with E-state index >= 15 is 0 Å². The number of carbonyl (C=O) groups is 2. The van der Waals surface area contributed by atoms with Crippen molar-refractivity contribution in [1.82, 2.24) is 14.1 Å². The third-order valence-corrected chi connectivity index (χ3v) is 6.78. The maximum absolute atomic E-state index is 13.3. The SMILES string of the molecule is O=C1CCCN1CCC(=O)N1CCN(S(=O)(=O)c2ccc(F)c(F)c2)CC1. The van der Waals surface area contributed by atoms with Crippen molar-refractivity contribution in [2.24, 2.45) is 0 Å². The third kappa shape index (κ3) is 4.27. The summed E-state index contributed by atoms with van der Waals surface area (Å²) in [5.74, 6) is -2.40. The summed E-state index contributed by atoms with van der Waals surface area (Å²) in [6, 6.07) is 2.47. The fraction of sp³-hybridized carbons (Fsp3) is 0.529. The Balaban J connectivity index is 1.55. The minimum absolute atomic E-state index is 0.0604. The van der Waals surface area contributed by atoms with E-state index in [9.17, 15) is 26.8 Å². The summed E-state index contributed by atoms with van der Waals surface area (Å²) in [6.07, 6.45) is 1.55. The van der Waals surface area contributed by atoms with Gasteiger partial charge in [0.25, 0.3) is 0 Å². The molecule has 0 N–H and O–H groups in total. The van der Waals surface area contributed by atoms with E-state index in [1.54, 1.807) is 9.80 Å². The highest BCUT2D eigenvalue weighted by Gasteiger charge is 2.31. The van der Waals surface area contributed by atoms with E-state index in [0.717, 1.165) is 22.9 Å². The molecule has 0 aliphatic carbocycles. The zero-order chi connectivity index (χ0) is 19.6. The van der Waals surface area contributed by atoms with Crippen molar-refractivity contribution in [3.63, 3.8) is 0 Å². The molecule has 1 aromatic rings. The summed E-state index contributed by atoms with van der Waals surface area (Å²) >= 11 is 0. The standard InChI is InChI=1S/C17H21F2N3O4S/c18-14-4-3-13(12-15(14)19)27(25,26)22-10-8-21(9-11-22)17(24)5-7-20-6-1-2-16(20)23/h3-4,12H,1-2,5-11H2. The Morgan fingerprint density at radius 3 is 2.33 bits per heavy atom. The summed E-state index contributed by atoms with van der Waals surface area (Å²) < 4.78 is 52.6. The Hall–Kier alpha value is -2.07. The molecular weight excluding hydrogens is 380 g/mol. The molecule has 148 valence electrons. The highest BCUT2D eigenvalue weighted by molar-refractivity contribution is 7.89. The van der Waals surface area contributed by atoms with Crippen LogP contribution in [0.3, 0.4) is 0 Å². The van der Waals surface area contributed by atoms with E-state index in [2.05, 4.69) is 0 Å². The second-order valence-electron chi connectivity index (χ2n) is 6.60. The molecular formula is C17H21F2N3O4S. The normalized spacial score (nSPS) is 19.0. The van der Waals surface area contributed by atoms with Crippen LogP contribution in [0.15, 0.2) is 23.1 Å². The van der Waals surface area contributed by atoms with Gasteiger partial charge in [-0.05, 0) is 24.6 Å². The first-order valence-corrected chi connectivity index (χ1v) is 10.2.